The molecule has 0 unspecified atom stereocenters. The first-order valence-corrected chi connectivity index (χ1v) is 7.64. The van der Waals surface area contributed by atoms with Gasteiger partial charge in [0.1, 0.15) is 6.04 Å². The zero-order chi connectivity index (χ0) is 17.5. The number of carbonyl (C=O) groups excluding carboxylic acids is 1. The molecule has 1 amide bonds. The second-order valence-electron chi connectivity index (χ2n) is 5.65. The summed E-state index contributed by atoms with van der Waals surface area (Å²) in [6.45, 7) is 1.60. The van der Waals surface area contributed by atoms with Gasteiger partial charge in [0, 0.05) is 5.92 Å². The van der Waals surface area contributed by atoms with E-state index >= 15 is 0 Å². The number of carbonyl (C=O) groups is 1. The second kappa shape index (κ2) is 6.08. The van der Waals surface area contributed by atoms with Crippen LogP contribution >= 0.6 is 11.6 Å². The fourth-order valence-electron chi connectivity index (χ4n) is 2.14. The highest BCUT2D eigenvalue weighted by atomic mass is 35.5. The summed E-state index contributed by atoms with van der Waals surface area (Å²) in [4.78, 5) is 16.4. The second-order valence-corrected chi connectivity index (χ2v) is 6.06. The summed E-state index contributed by atoms with van der Waals surface area (Å²) in [6, 6.07) is 1.93. The predicted octanol–water partition coefficient (Wildman–Crippen LogP) is 4.11. The van der Waals surface area contributed by atoms with Gasteiger partial charge in [-0.1, -0.05) is 16.8 Å². The lowest BCUT2D eigenvalue weighted by Gasteiger charge is -2.13. The fraction of sp³-hybridized carbons (Fsp3) is 0.400. The van der Waals surface area contributed by atoms with Crippen LogP contribution in [0.2, 0.25) is 5.02 Å². The molecule has 1 N–H and O–H groups in total. The Labute approximate surface area is 140 Å². The average molecular weight is 360 g/mol. The zero-order valence-electron chi connectivity index (χ0n) is 12.5. The Kier molecular flexibility index (Phi) is 4.25. The Morgan fingerprint density at radius 2 is 2.12 bits per heavy atom. The standard InChI is InChI=1S/C15H13ClF3N3O2/c1-7(14-21-12(22-24-14)8-2-3-8)20-13(23)10-6-9(15(17,18)19)4-5-11(10)16/h4-8H,2-3H2,1H3,(H,20,23)/t7-/m0/s1. The van der Waals surface area contributed by atoms with Gasteiger partial charge in [-0.25, -0.2) is 0 Å². The highest BCUT2D eigenvalue weighted by Gasteiger charge is 2.32. The third kappa shape index (κ3) is 3.53. The molecule has 5 nitrogen and oxygen atoms in total. The van der Waals surface area contributed by atoms with Gasteiger partial charge in [-0.3, -0.25) is 4.79 Å². The average Bonchev–Trinajstić information content (AvgIpc) is 3.23. The van der Waals surface area contributed by atoms with Gasteiger partial charge in [0.05, 0.1) is 16.1 Å². The number of nitrogens with one attached hydrogen (secondary N) is 1. The zero-order valence-corrected chi connectivity index (χ0v) is 13.3. The molecule has 0 bridgehead atoms. The Hall–Kier alpha value is -2.09. The molecule has 1 saturated carbocycles. The summed E-state index contributed by atoms with van der Waals surface area (Å²) in [6.07, 6.45) is -2.56. The number of benzene rings is 1. The number of hydrogen-bond donors (Lipinski definition) is 1. The van der Waals surface area contributed by atoms with Crippen molar-refractivity contribution in [1.82, 2.24) is 15.5 Å². The molecule has 3 rings (SSSR count). The minimum atomic E-state index is -4.56. The van der Waals surface area contributed by atoms with Gasteiger partial charge in [0.2, 0.25) is 5.89 Å². The van der Waals surface area contributed by atoms with Gasteiger partial charge in [-0.05, 0) is 38.0 Å². The molecule has 0 aliphatic heterocycles. The molecule has 9 heteroatoms. The molecule has 1 fully saturated rings. The number of alkyl halides is 3. The predicted molar refractivity (Wildman–Crippen MR) is 78.6 cm³/mol. The van der Waals surface area contributed by atoms with Crippen LogP contribution < -0.4 is 5.32 Å². The van der Waals surface area contributed by atoms with Crippen LogP contribution in [0.3, 0.4) is 0 Å². The largest absolute Gasteiger partial charge is 0.416 e. The molecule has 1 aliphatic carbocycles. The quantitative estimate of drug-likeness (QED) is 0.892. The maximum atomic E-state index is 12.8. The molecule has 1 aromatic heterocycles. The van der Waals surface area contributed by atoms with E-state index in [0.29, 0.717) is 17.8 Å². The summed E-state index contributed by atoms with van der Waals surface area (Å²) in [5, 5.41) is 6.28. The highest BCUT2D eigenvalue weighted by molar-refractivity contribution is 6.33. The van der Waals surface area contributed by atoms with E-state index in [4.69, 9.17) is 16.1 Å². The van der Waals surface area contributed by atoms with E-state index < -0.39 is 23.7 Å². The minimum Gasteiger partial charge on any atom is -0.340 e. The molecule has 0 spiro atoms. The van der Waals surface area contributed by atoms with Gasteiger partial charge in [-0.2, -0.15) is 18.2 Å². The summed E-state index contributed by atoms with van der Waals surface area (Å²) in [7, 11) is 0. The lowest BCUT2D eigenvalue weighted by Crippen LogP contribution is -2.27. The van der Waals surface area contributed by atoms with Gasteiger partial charge < -0.3 is 9.84 Å². The molecule has 1 heterocycles. The molecule has 2 aromatic rings. The smallest absolute Gasteiger partial charge is 0.340 e. The molecule has 0 saturated heterocycles. The molecular weight excluding hydrogens is 347 g/mol. The summed E-state index contributed by atoms with van der Waals surface area (Å²) in [5.74, 6) is 0.338. The van der Waals surface area contributed by atoms with Crippen molar-refractivity contribution in [2.75, 3.05) is 0 Å². The Balaban J connectivity index is 1.76. The molecule has 128 valence electrons. The summed E-state index contributed by atoms with van der Waals surface area (Å²) in [5.41, 5.74) is -1.21. The van der Waals surface area contributed by atoms with Crippen LogP contribution in [0.25, 0.3) is 0 Å². The minimum absolute atomic E-state index is 0.0723. The molecular formula is C15H13ClF3N3O2. The van der Waals surface area contributed by atoms with Crippen LogP contribution in [-0.4, -0.2) is 16.0 Å². The highest BCUT2D eigenvalue weighted by Crippen LogP contribution is 2.38. The van der Waals surface area contributed by atoms with E-state index in [9.17, 15) is 18.0 Å². The van der Waals surface area contributed by atoms with Crippen molar-refractivity contribution in [1.29, 1.82) is 0 Å². The normalized spacial score (nSPS) is 16.0. The molecule has 1 atom stereocenters. The third-order valence-electron chi connectivity index (χ3n) is 3.66. The molecule has 1 aromatic carbocycles. The molecule has 24 heavy (non-hydrogen) atoms. The topological polar surface area (TPSA) is 68.0 Å². The monoisotopic (exact) mass is 359 g/mol. The van der Waals surface area contributed by atoms with Gasteiger partial charge in [-0.15, -0.1) is 0 Å². The van der Waals surface area contributed by atoms with E-state index in [1.807, 2.05) is 0 Å². The van der Waals surface area contributed by atoms with E-state index in [1.54, 1.807) is 6.92 Å². The number of rotatable bonds is 4. The lowest BCUT2D eigenvalue weighted by atomic mass is 10.1. The van der Waals surface area contributed by atoms with Crippen LogP contribution in [0.1, 0.15) is 59.4 Å². The SMILES string of the molecule is C[C@H](NC(=O)c1cc(C(F)(F)F)ccc1Cl)c1nc(C2CC2)no1. The van der Waals surface area contributed by atoms with Gasteiger partial charge in [0.25, 0.3) is 5.91 Å². The molecule has 1 aliphatic rings. The number of halogens is 4. The van der Waals surface area contributed by atoms with E-state index in [1.165, 1.54) is 0 Å². The van der Waals surface area contributed by atoms with Crippen molar-refractivity contribution in [2.45, 2.75) is 37.9 Å². The Morgan fingerprint density at radius 3 is 2.75 bits per heavy atom. The van der Waals surface area contributed by atoms with Crippen LogP contribution in [0.4, 0.5) is 13.2 Å². The van der Waals surface area contributed by atoms with E-state index in [2.05, 4.69) is 15.5 Å². The van der Waals surface area contributed by atoms with Crippen LogP contribution in [0, 0.1) is 0 Å². The van der Waals surface area contributed by atoms with Crippen molar-refractivity contribution < 1.29 is 22.5 Å². The molecule has 0 radical (unpaired) electrons. The first kappa shape index (κ1) is 16.8. The fourth-order valence-corrected chi connectivity index (χ4v) is 2.35. The summed E-state index contributed by atoms with van der Waals surface area (Å²) < 4.78 is 43.4. The number of hydrogen-bond acceptors (Lipinski definition) is 4. The van der Waals surface area contributed by atoms with Gasteiger partial charge >= 0.3 is 6.18 Å². The van der Waals surface area contributed by atoms with Crippen LogP contribution in [-0.2, 0) is 6.18 Å². The van der Waals surface area contributed by atoms with Crippen molar-refractivity contribution >= 4 is 17.5 Å². The first-order valence-electron chi connectivity index (χ1n) is 7.27. The van der Waals surface area contributed by atoms with Crippen LogP contribution in [0.15, 0.2) is 22.7 Å². The van der Waals surface area contributed by atoms with E-state index in [0.717, 1.165) is 25.0 Å². The maximum absolute atomic E-state index is 12.8. The third-order valence-corrected chi connectivity index (χ3v) is 3.99. The number of aromatic nitrogens is 2. The van der Waals surface area contributed by atoms with Gasteiger partial charge in [0.15, 0.2) is 5.82 Å². The lowest BCUT2D eigenvalue weighted by molar-refractivity contribution is -0.137. The Morgan fingerprint density at radius 1 is 1.42 bits per heavy atom. The van der Waals surface area contributed by atoms with Crippen LogP contribution in [0.5, 0.6) is 0 Å². The number of nitrogens with zero attached hydrogens (tertiary/aromatic N) is 2. The Bertz CT molecular complexity index is 772. The number of amides is 1. The van der Waals surface area contributed by atoms with Crippen molar-refractivity contribution in [3.8, 4) is 0 Å². The van der Waals surface area contributed by atoms with Crippen molar-refractivity contribution in [3.63, 3.8) is 0 Å². The summed E-state index contributed by atoms with van der Waals surface area (Å²) >= 11 is 5.84. The van der Waals surface area contributed by atoms with Crippen molar-refractivity contribution in [3.05, 3.63) is 46.1 Å². The maximum Gasteiger partial charge on any atom is 0.416 e. The van der Waals surface area contributed by atoms with Crippen molar-refractivity contribution in [2.24, 2.45) is 0 Å². The first-order chi connectivity index (χ1) is 11.3. The van der Waals surface area contributed by atoms with E-state index in [-0.39, 0.29) is 16.5 Å².